The zero-order valence-electron chi connectivity index (χ0n) is 45.1. The summed E-state index contributed by atoms with van der Waals surface area (Å²) in [5, 5.41) is 3.01. The molecule has 68 heavy (non-hydrogen) atoms. The van der Waals surface area contributed by atoms with Gasteiger partial charge in [-0.3, -0.25) is 14.2 Å². The van der Waals surface area contributed by atoms with Crippen LogP contribution >= 0.6 is 7.82 Å². The molecule has 0 bridgehead atoms. The molecule has 10 heteroatoms. The fourth-order valence-electron chi connectivity index (χ4n) is 7.82. The van der Waals surface area contributed by atoms with Crippen molar-refractivity contribution < 1.29 is 37.3 Å². The van der Waals surface area contributed by atoms with Crippen molar-refractivity contribution in [3.63, 3.8) is 0 Å². The third kappa shape index (κ3) is 48.7. The molecule has 0 aliphatic rings. The second kappa shape index (κ2) is 48.3. The number of ether oxygens (including phenoxy) is 1. The molecule has 0 fully saturated rings. The van der Waals surface area contributed by atoms with Crippen molar-refractivity contribution in [3.05, 3.63) is 60.8 Å². The average Bonchev–Trinajstić information content (AvgIpc) is 3.29. The highest BCUT2D eigenvalue weighted by molar-refractivity contribution is 7.45. The number of likely N-dealkylation sites (N-methyl/N-ethyl adjacent to an activating group) is 1. The monoisotopic (exact) mass is 975 g/mol. The molecular formula is C58H107N2O7P. The van der Waals surface area contributed by atoms with Crippen LogP contribution in [0.15, 0.2) is 60.8 Å². The minimum Gasteiger partial charge on any atom is -0.756 e. The quantitative estimate of drug-likeness (QED) is 0.0212. The Balaban J connectivity index is 5.43. The fourth-order valence-corrected chi connectivity index (χ4v) is 8.55. The molecule has 1 amide bonds. The molecule has 9 nitrogen and oxygen atoms in total. The van der Waals surface area contributed by atoms with Gasteiger partial charge in [-0.05, 0) is 89.5 Å². The summed E-state index contributed by atoms with van der Waals surface area (Å²) >= 11 is 0. The number of unbranched alkanes of at least 4 members (excludes halogenated alkanes) is 26. The van der Waals surface area contributed by atoms with Crippen LogP contribution in [0.5, 0.6) is 0 Å². The van der Waals surface area contributed by atoms with Gasteiger partial charge in [-0.15, -0.1) is 0 Å². The predicted molar refractivity (Wildman–Crippen MR) is 289 cm³/mol. The second-order valence-corrected chi connectivity index (χ2v) is 21.5. The Bertz CT molecular complexity index is 1350. The van der Waals surface area contributed by atoms with Crippen LogP contribution in [-0.4, -0.2) is 69.4 Å². The molecule has 3 unspecified atom stereocenters. The molecule has 0 saturated heterocycles. The van der Waals surface area contributed by atoms with Crippen molar-refractivity contribution in [2.45, 2.75) is 258 Å². The number of amides is 1. The molecule has 0 aliphatic carbocycles. The minimum absolute atomic E-state index is 0.0281. The predicted octanol–water partition coefficient (Wildman–Crippen LogP) is 16.1. The van der Waals surface area contributed by atoms with Crippen LogP contribution < -0.4 is 10.2 Å². The van der Waals surface area contributed by atoms with Gasteiger partial charge in [0.25, 0.3) is 7.82 Å². The maximum Gasteiger partial charge on any atom is 0.306 e. The summed E-state index contributed by atoms with van der Waals surface area (Å²) in [5.41, 5.74) is 0. The topological polar surface area (TPSA) is 114 Å². The van der Waals surface area contributed by atoms with Crippen LogP contribution in [-0.2, 0) is 27.9 Å². The first-order valence-electron chi connectivity index (χ1n) is 28.1. The van der Waals surface area contributed by atoms with E-state index >= 15 is 0 Å². The lowest BCUT2D eigenvalue weighted by Crippen LogP contribution is -2.47. The van der Waals surface area contributed by atoms with Crippen molar-refractivity contribution in [1.29, 1.82) is 0 Å². The number of hydrogen-bond acceptors (Lipinski definition) is 7. The Labute approximate surface area is 420 Å². The second-order valence-electron chi connectivity index (χ2n) is 20.1. The molecule has 3 atom stereocenters. The van der Waals surface area contributed by atoms with E-state index in [2.05, 4.69) is 74.7 Å². The van der Waals surface area contributed by atoms with Crippen LogP contribution in [0.2, 0.25) is 0 Å². The van der Waals surface area contributed by atoms with Crippen molar-refractivity contribution in [1.82, 2.24) is 5.32 Å². The number of phosphoric ester groups is 1. The number of carbonyl (C=O) groups is 2. The Hall–Kier alpha value is -2.29. The number of esters is 1. The Morgan fingerprint density at radius 1 is 0.529 bits per heavy atom. The number of carbonyl (C=O) groups excluding carboxylic acids is 2. The summed E-state index contributed by atoms with van der Waals surface area (Å²) in [5.74, 6) is -0.572. The smallest absolute Gasteiger partial charge is 0.306 e. The van der Waals surface area contributed by atoms with Gasteiger partial charge in [-0.25, -0.2) is 0 Å². The molecule has 0 aromatic heterocycles. The summed E-state index contributed by atoms with van der Waals surface area (Å²) in [6.45, 7) is 6.69. The zero-order valence-corrected chi connectivity index (χ0v) is 45.9. The molecule has 0 radical (unpaired) electrons. The first kappa shape index (κ1) is 65.7. The van der Waals surface area contributed by atoms with Crippen molar-refractivity contribution in [3.8, 4) is 0 Å². The van der Waals surface area contributed by atoms with E-state index in [1.807, 2.05) is 33.3 Å². The first-order chi connectivity index (χ1) is 32.9. The van der Waals surface area contributed by atoms with Gasteiger partial charge in [0.15, 0.2) is 0 Å². The summed E-state index contributed by atoms with van der Waals surface area (Å²) in [6, 6.07) is -0.899. The fraction of sp³-hybridized carbons (Fsp3) is 0.793. The lowest BCUT2D eigenvalue weighted by Gasteiger charge is -2.30. The van der Waals surface area contributed by atoms with Crippen molar-refractivity contribution in [2.75, 3.05) is 40.9 Å². The van der Waals surface area contributed by atoms with Gasteiger partial charge < -0.3 is 28.5 Å². The number of quaternary nitrogens is 1. The average molecular weight is 975 g/mol. The Kier molecular flexibility index (Phi) is 46.7. The highest BCUT2D eigenvalue weighted by Gasteiger charge is 2.27. The van der Waals surface area contributed by atoms with Gasteiger partial charge in [0.05, 0.1) is 33.8 Å². The van der Waals surface area contributed by atoms with Gasteiger partial charge in [-0.1, -0.05) is 204 Å². The van der Waals surface area contributed by atoms with Crippen LogP contribution in [0.1, 0.15) is 245 Å². The molecule has 0 spiro atoms. The van der Waals surface area contributed by atoms with Gasteiger partial charge in [-0.2, -0.15) is 0 Å². The molecule has 0 aliphatic heterocycles. The van der Waals surface area contributed by atoms with E-state index in [0.29, 0.717) is 23.9 Å². The number of allylic oxidation sites excluding steroid dienone is 9. The third-order valence-corrected chi connectivity index (χ3v) is 13.1. The van der Waals surface area contributed by atoms with Crippen LogP contribution in [0.3, 0.4) is 0 Å². The lowest BCUT2D eigenvalue weighted by atomic mass is 10.0. The molecule has 0 saturated carbocycles. The standard InChI is InChI=1S/C58H107N2O7P/c1-7-10-13-16-19-22-25-28-30-32-35-38-41-44-47-50-57(61)59-55(54-66-68(63,64)65-53-52-60(4,5)6)56(49-46-43-40-37-34-31-27-24-21-18-15-12-9-3)67-58(62)51-48-45-42-39-36-33-29-26-23-20-17-14-11-8-2/h11,14,20,22-23,25,29,33,46,49,55-56H,7-10,12-13,15-19,21,24,26-28,30-32,34-45,47-48,50-54H2,1-6H3,(H-,59,61,63,64)/b14-11+,23-20+,25-22-,33-29+,49-46+. The van der Waals surface area contributed by atoms with E-state index in [-0.39, 0.29) is 24.9 Å². The maximum absolute atomic E-state index is 13.5. The largest absolute Gasteiger partial charge is 0.756 e. The van der Waals surface area contributed by atoms with E-state index in [0.717, 1.165) is 96.3 Å². The summed E-state index contributed by atoms with van der Waals surface area (Å²) in [4.78, 5) is 39.8. The maximum atomic E-state index is 13.5. The lowest BCUT2D eigenvalue weighted by molar-refractivity contribution is -0.870. The van der Waals surface area contributed by atoms with Crippen LogP contribution in [0.25, 0.3) is 0 Å². The van der Waals surface area contributed by atoms with Gasteiger partial charge in [0.1, 0.15) is 19.3 Å². The van der Waals surface area contributed by atoms with E-state index in [1.54, 1.807) is 0 Å². The number of nitrogens with zero attached hydrogens (tertiary/aromatic N) is 1. The van der Waals surface area contributed by atoms with E-state index in [1.165, 1.54) is 109 Å². The number of hydrogen-bond donors (Lipinski definition) is 1. The number of nitrogens with one attached hydrogen (secondary N) is 1. The van der Waals surface area contributed by atoms with Crippen molar-refractivity contribution in [2.24, 2.45) is 0 Å². The summed E-state index contributed by atoms with van der Waals surface area (Å²) in [7, 11) is 1.17. The van der Waals surface area contributed by atoms with E-state index in [9.17, 15) is 19.0 Å². The Morgan fingerprint density at radius 3 is 1.44 bits per heavy atom. The number of rotatable bonds is 50. The van der Waals surface area contributed by atoms with Gasteiger partial charge >= 0.3 is 5.97 Å². The summed E-state index contributed by atoms with van der Waals surface area (Å²) < 4.78 is 30.2. The zero-order chi connectivity index (χ0) is 50.1. The molecule has 1 N–H and O–H groups in total. The normalized spacial score (nSPS) is 14.3. The third-order valence-electron chi connectivity index (χ3n) is 12.2. The molecule has 396 valence electrons. The van der Waals surface area contributed by atoms with E-state index < -0.39 is 26.6 Å². The molecule has 0 aromatic rings. The minimum atomic E-state index is -4.70. The van der Waals surface area contributed by atoms with Crippen LogP contribution in [0.4, 0.5) is 0 Å². The number of phosphoric acid groups is 1. The molecular weight excluding hydrogens is 868 g/mol. The Morgan fingerprint density at radius 2 is 0.941 bits per heavy atom. The van der Waals surface area contributed by atoms with Gasteiger partial charge in [0.2, 0.25) is 5.91 Å². The molecule has 0 heterocycles. The highest BCUT2D eigenvalue weighted by atomic mass is 31.2. The van der Waals surface area contributed by atoms with E-state index in [4.69, 9.17) is 13.8 Å². The highest BCUT2D eigenvalue weighted by Crippen LogP contribution is 2.38. The SMILES string of the molecule is CC/C=C/C/C=C/C/C=C/CCCCCCC(=O)OC(/C=C/CCCCCCCCCCCCC)C(COP(=O)([O-])OCC[N+](C)(C)C)NC(=O)CCCCCCCCC/C=C\CCCCCC. The van der Waals surface area contributed by atoms with Crippen LogP contribution in [0, 0.1) is 0 Å². The van der Waals surface area contributed by atoms with Gasteiger partial charge in [0, 0.05) is 12.8 Å². The molecule has 0 aromatic carbocycles. The summed E-state index contributed by atoms with van der Waals surface area (Å²) in [6.07, 6.45) is 58.9. The molecule has 0 rings (SSSR count). The first-order valence-corrected chi connectivity index (χ1v) is 29.6. The van der Waals surface area contributed by atoms with Crippen molar-refractivity contribution >= 4 is 19.7 Å².